The normalized spacial score (nSPS) is 10.4. The Balaban J connectivity index is 2.75. The van der Waals surface area contributed by atoms with Crippen molar-refractivity contribution in [2.75, 3.05) is 12.8 Å². The number of nitrogens with two attached hydrogens (primary N) is 1. The van der Waals surface area contributed by atoms with Crippen LogP contribution in [-0.4, -0.2) is 17.3 Å². The highest BCUT2D eigenvalue weighted by Crippen LogP contribution is 2.23. The summed E-state index contributed by atoms with van der Waals surface area (Å²) in [7, 11) is 1.58. The maximum absolute atomic E-state index is 5.61. The van der Waals surface area contributed by atoms with Gasteiger partial charge in [-0.05, 0) is 18.2 Å². The van der Waals surface area contributed by atoms with E-state index in [0.29, 0.717) is 11.6 Å². The number of ether oxygens (including phenoxy) is 1. The van der Waals surface area contributed by atoms with Gasteiger partial charge < -0.3 is 10.5 Å². The Morgan fingerprint density at radius 1 is 1.50 bits per heavy atom. The maximum Gasteiger partial charge on any atom is 0.240 e. The van der Waals surface area contributed by atoms with Gasteiger partial charge in [-0.3, -0.25) is 5.10 Å². The zero-order valence-corrected chi connectivity index (χ0v) is 6.66. The van der Waals surface area contributed by atoms with Gasteiger partial charge in [0.15, 0.2) is 0 Å². The van der Waals surface area contributed by atoms with Crippen LogP contribution in [0.1, 0.15) is 0 Å². The molecule has 4 nitrogen and oxygen atoms in total. The molecule has 1 heterocycles. The first-order valence-electron chi connectivity index (χ1n) is 3.59. The van der Waals surface area contributed by atoms with E-state index in [0.717, 1.165) is 10.9 Å². The van der Waals surface area contributed by atoms with Gasteiger partial charge in [-0.15, -0.1) is 5.10 Å². The molecule has 1 aromatic carbocycles. The van der Waals surface area contributed by atoms with Crippen molar-refractivity contribution in [3.05, 3.63) is 18.2 Å². The maximum atomic E-state index is 5.61. The molecule has 2 aromatic rings. The van der Waals surface area contributed by atoms with Gasteiger partial charge in [0.2, 0.25) is 5.88 Å². The summed E-state index contributed by atoms with van der Waals surface area (Å²) in [4.78, 5) is 0. The van der Waals surface area contributed by atoms with Gasteiger partial charge in [0.05, 0.1) is 18.0 Å². The predicted molar refractivity (Wildman–Crippen MR) is 47.1 cm³/mol. The summed E-state index contributed by atoms with van der Waals surface area (Å²) in [6.45, 7) is 0. The third kappa shape index (κ3) is 0.887. The molecule has 0 spiro atoms. The van der Waals surface area contributed by atoms with Crippen LogP contribution in [0.15, 0.2) is 18.2 Å². The summed E-state index contributed by atoms with van der Waals surface area (Å²) in [5, 5.41) is 7.70. The van der Waals surface area contributed by atoms with E-state index < -0.39 is 0 Å². The van der Waals surface area contributed by atoms with Crippen molar-refractivity contribution in [3.63, 3.8) is 0 Å². The van der Waals surface area contributed by atoms with Gasteiger partial charge in [0.1, 0.15) is 0 Å². The lowest BCUT2D eigenvalue weighted by atomic mass is 10.2. The molecule has 0 aliphatic rings. The second-order valence-electron chi connectivity index (χ2n) is 2.54. The minimum Gasteiger partial charge on any atom is -0.480 e. The Kier molecular flexibility index (Phi) is 1.40. The third-order valence-electron chi connectivity index (χ3n) is 1.75. The summed E-state index contributed by atoms with van der Waals surface area (Å²) in [5.41, 5.74) is 7.25. The molecule has 0 saturated heterocycles. The van der Waals surface area contributed by atoms with Crippen LogP contribution in [0.3, 0.4) is 0 Å². The standard InChI is InChI=1S/C8H9N3O/c1-12-8-6-4-5(9)2-3-7(6)10-11-8/h2-4H,9H2,1H3,(H,10,11). The number of nitrogen functional groups attached to an aromatic ring is 1. The van der Waals surface area contributed by atoms with Crippen molar-refractivity contribution in [2.24, 2.45) is 0 Å². The molecule has 2 rings (SSSR count). The Labute approximate surface area is 69.3 Å². The predicted octanol–water partition coefficient (Wildman–Crippen LogP) is 1.15. The van der Waals surface area contributed by atoms with Crippen LogP contribution in [-0.2, 0) is 0 Å². The highest BCUT2D eigenvalue weighted by Gasteiger charge is 2.04. The largest absolute Gasteiger partial charge is 0.480 e. The number of fused-ring (bicyclic) bond motifs is 1. The van der Waals surface area contributed by atoms with E-state index in [1.54, 1.807) is 7.11 Å². The number of nitrogens with one attached hydrogen (secondary N) is 1. The molecule has 4 heteroatoms. The first-order chi connectivity index (χ1) is 5.81. The van der Waals surface area contributed by atoms with E-state index in [2.05, 4.69) is 10.2 Å². The number of aromatic nitrogens is 2. The second kappa shape index (κ2) is 2.41. The zero-order chi connectivity index (χ0) is 8.55. The van der Waals surface area contributed by atoms with E-state index in [4.69, 9.17) is 10.5 Å². The topological polar surface area (TPSA) is 63.9 Å². The molecule has 0 saturated carbocycles. The molecule has 0 fully saturated rings. The summed E-state index contributed by atoms with van der Waals surface area (Å²) in [6.07, 6.45) is 0. The minimum atomic E-state index is 0.581. The van der Waals surface area contributed by atoms with Crippen molar-refractivity contribution < 1.29 is 4.74 Å². The molecule has 0 aliphatic carbocycles. The van der Waals surface area contributed by atoms with Crippen LogP contribution in [0, 0.1) is 0 Å². The number of methoxy groups -OCH3 is 1. The number of H-pyrrole nitrogens is 1. The molecular weight excluding hydrogens is 154 g/mol. The van der Waals surface area contributed by atoms with Gasteiger partial charge in [-0.25, -0.2) is 0 Å². The highest BCUT2D eigenvalue weighted by atomic mass is 16.5. The Morgan fingerprint density at radius 3 is 3.08 bits per heavy atom. The zero-order valence-electron chi connectivity index (χ0n) is 6.66. The molecule has 0 unspecified atom stereocenters. The van der Waals surface area contributed by atoms with Crippen molar-refractivity contribution in [1.82, 2.24) is 10.2 Å². The number of hydrogen-bond acceptors (Lipinski definition) is 3. The van der Waals surface area contributed by atoms with Crippen LogP contribution in [0.2, 0.25) is 0 Å². The molecule has 0 bridgehead atoms. The van der Waals surface area contributed by atoms with Crippen molar-refractivity contribution in [2.45, 2.75) is 0 Å². The molecule has 12 heavy (non-hydrogen) atoms. The quantitative estimate of drug-likeness (QED) is 0.620. The highest BCUT2D eigenvalue weighted by molar-refractivity contribution is 5.86. The smallest absolute Gasteiger partial charge is 0.240 e. The van der Waals surface area contributed by atoms with E-state index in [1.165, 1.54) is 0 Å². The van der Waals surface area contributed by atoms with Gasteiger partial charge in [-0.2, -0.15) is 0 Å². The summed E-state index contributed by atoms with van der Waals surface area (Å²) in [6, 6.07) is 5.53. The van der Waals surface area contributed by atoms with E-state index in [9.17, 15) is 0 Å². The fourth-order valence-corrected chi connectivity index (χ4v) is 1.16. The third-order valence-corrected chi connectivity index (χ3v) is 1.75. The minimum absolute atomic E-state index is 0.581. The average Bonchev–Trinajstić information content (AvgIpc) is 2.46. The number of benzene rings is 1. The lowest BCUT2D eigenvalue weighted by Crippen LogP contribution is -1.84. The lowest BCUT2D eigenvalue weighted by Gasteiger charge is -1.94. The van der Waals surface area contributed by atoms with Gasteiger partial charge in [-0.1, -0.05) is 0 Å². The van der Waals surface area contributed by atoms with Crippen LogP contribution in [0.25, 0.3) is 10.9 Å². The fraction of sp³-hybridized carbons (Fsp3) is 0.125. The van der Waals surface area contributed by atoms with Crippen LogP contribution in [0.4, 0.5) is 5.69 Å². The SMILES string of the molecule is COc1n[nH]c2ccc(N)cc12. The summed E-state index contributed by atoms with van der Waals surface area (Å²) in [5.74, 6) is 0.581. The first-order valence-corrected chi connectivity index (χ1v) is 3.59. The number of hydrogen-bond donors (Lipinski definition) is 2. The molecule has 0 amide bonds. The number of aromatic amines is 1. The van der Waals surface area contributed by atoms with Crippen LogP contribution >= 0.6 is 0 Å². The Morgan fingerprint density at radius 2 is 2.33 bits per heavy atom. The van der Waals surface area contributed by atoms with Crippen molar-refractivity contribution in [3.8, 4) is 5.88 Å². The van der Waals surface area contributed by atoms with Crippen LogP contribution in [0.5, 0.6) is 5.88 Å². The number of anilines is 1. The van der Waals surface area contributed by atoms with Crippen molar-refractivity contribution in [1.29, 1.82) is 0 Å². The molecule has 0 atom stereocenters. The number of rotatable bonds is 1. The van der Waals surface area contributed by atoms with Crippen LogP contribution < -0.4 is 10.5 Å². The first kappa shape index (κ1) is 6.97. The van der Waals surface area contributed by atoms with Crippen molar-refractivity contribution >= 4 is 16.6 Å². The lowest BCUT2D eigenvalue weighted by molar-refractivity contribution is 0.401. The molecule has 0 aliphatic heterocycles. The molecule has 0 radical (unpaired) electrons. The summed E-state index contributed by atoms with van der Waals surface area (Å²) < 4.78 is 5.02. The van der Waals surface area contributed by atoms with Gasteiger partial charge >= 0.3 is 0 Å². The monoisotopic (exact) mass is 163 g/mol. The van der Waals surface area contributed by atoms with Gasteiger partial charge in [0, 0.05) is 5.69 Å². The van der Waals surface area contributed by atoms with E-state index in [1.807, 2.05) is 18.2 Å². The Bertz CT molecular complexity index is 408. The molecule has 3 N–H and O–H groups in total. The van der Waals surface area contributed by atoms with E-state index >= 15 is 0 Å². The molecular formula is C8H9N3O. The summed E-state index contributed by atoms with van der Waals surface area (Å²) >= 11 is 0. The fourth-order valence-electron chi connectivity index (χ4n) is 1.16. The average molecular weight is 163 g/mol. The molecule has 1 aromatic heterocycles. The second-order valence-corrected chi connectivity index (χ2v) is 2.54. The Hall–Kier alpha value is -1.71. The van der Waals surface area contributed by atoms with Gasteiger partial charge in [0.25, 0.3) is 0 Å². The number of nitrogens with zero attached hydrogens (tertiary/aromatic N) is 1. The molecule has 62 valence electrons. The van der Waals surface area contributed by atoms with E-state index in [-0.39, 0.29) is 0 Å².